The van der Waals surface area contributed by atoms with Crippen molar-refractivity contribution in [1.29, 1.82) is 0 Å². The van der Waals surface area contributed by atoms with E-state index < -0.39 is 0 Å². The van der Waals surface area contributed by atoms with Crippen LogP contribution in [0.5, 0.6) is 0 Å². The monoisotopic (exact) mass is 357 g/mol. The van der Waals surface area contributed by atoms with Gasteiger partial charge >= 0.3 is 5.97 Å². The van der Waals surface area contributed by atoms with E-state index in [9.17, 15) is 4.79 Å². The number of hydrogen-bond acceptors (Lipinski definition) is 5. The van der Waals surface area contributed by atoms with Crippen LogP contribution < -0.4 is 0 Å². The highest BCUT2D eigenvalue weighted by atomic mass is 32.1. The van der Waals surface area contributed by atoms with Crippen molar-refractivity contribution >= 4 is 35.3 Å². The normalized spacial score (nSPS) is 11.5. The number of fused-ring (bicyclic) bond motifs is 1. The fraction of sp³-hybridized carbons (Fsp3) is 0.294. The van der Waals surface area contributed by atoms with Crippen LogP contribution in [0.4, 0.5) is 0 Å². The van der Waals surface area contributed by atoms with Crippen molar-refractivity contribution in [3.8, 4) is 0 Å². The molecule has 0 aliphatic carbocycles. The number of aryl methyl sites for hydroxylation is 1. The van der Waals surface area contributed by atoms with E-state index in [4.69, 9.17) is 17.0 Å². The molecule has 2 aromatic heterocycles. The third-order valence-corrected chi connectivity index (χ3v) is 4.25. The minimum atomic E-state index is -0.261. The molecular weight excluding hydrogens is 338 g/mol. The molecule has 0 amide bonds. The first-order valence-corrected chi connectivity index (χ1v) is 8.35. The van der Waals surface area contributed by atoms with Gasteiger partial charge in [0.2, 0.25) is 4.77 Å². The Labute approximate surface area is 149 Å². The third kappa shape index (κ3) is 3.25. The molecule has 0 aliphatic rings. The van der Waals surface area contributed by atoms with Gasteiger partial charge in [0.05, 0.1) is 12.8 Å². The quantitative estimate of drug-likeness (QED) is 0.433. The summed E-state index contributed by atoms with van der Waals surface area (Å²) in [5.74, 6) is 0.414. The summed E-state index contributed by atoms with van der Waals surface area (Å²) in [6, 6.07) is 7.89. The largest absolute Gasteiger partial charge is 0.465 e. The van der Waals surface area contributed by atoms with Gasteiger partial charge in [-0.3, -0.25) is 9.89 Å². The summed E-state index contributed by atoms with van der Waals surface area (Å²) >= 11 is 5.17. The molecule has 0 saturated heterocycles. The van der Waals surface area contributed by atoms with Crippen molar-refractivity contribution in [3.05, 3.63) is 46.1 Å². The van der Waals surface area contributed by atoms with Crippen molar-refractivity contribution in [2.75, 3.05) is 6.61 Å². The summed E-state index contributed by atoms with van der Waals surface area (Å²) in [4.78, 5) is 11.9. The van der Waals surface area contributed by atoms with E-state index in [1.54, 1.807) is 17.8 Å². The SMILES string of the molecule is CCOC(=O)Cn1c(C)c(/C=N\n2c(C)n[nH]c2=S)c2ccccc21. The predicted molar refractivity (Wildman–Crippen MR) is 98.4 cm³/mol. The van der Waals surface area contributed by atoms with Crippen molar-refractivity contribution in [2.45, 2.75) is 27.3 Å². The minimum Gasteiger partial charge on any atom is -0.465 e. The minimum absolute atomic E-state index is 0.165. The zero-order chi connectivity index (χ0) is 18.0. The first-order valence-electron chi connectivity index (χ1n) is 7.94. The van der Waals surface area contributed by atoms with Crippen LogP contribution in [0.3, 0.4) is 0 Å². The highest BCUT2D eigenvalue weighted by Gasteiger charge is 2.15. The number of rotatable bonds is 5. The molecule has 0 radical (unpaired) electrons. The van der Waals surface area contributed by atoms with E-state index in [0.29, 0.717) is 17.2 Å². The molecule has 2 heterocycles. The number of H-pyrrole nitrogens is 1. The number of carbonyl (C=O) groups excluding carboxylic acids is 1. The molecule has 7 nitrogen and oxygen atoms in total. The van der Waals surface area contributed by atoms with Crippen molar-refractivity contribution in [1.82, 2.24) is 19.4 Å². The Balaban J connectivity index is 2.08. The van der Waals surface area contributed by atoms with Crippen LogP contribution in [-0.2, 0) is 16.1 Å². The second-order valence-electron chi connectivity index (χ2n) is 5.54. The lowest BCUT2D eigenvalue weighted by atomic mass is 10.1. The Hall–Kier alpha value is -2.74. The molecule has 1 aromatic carbocycles. The van der Waals surface area contributed by atoms with Gasteiger partial charge in [-0.1, -0.05) is 18.2 Å². The van der Waals surface area contributed by atoms with Crippen molar-refractivity contribution in [2.24, 2.45) is 5.10 Å². The lowest BCUT2D eigenvalue weighted by Gasteiger charge is -2.07. The number of para-hydroxylation sites is 1. The van der Waals surface area contributed by atoms with E-state index in [-0.39, 0.29) is 12.5 Å². The Kier molecular flexibility index (Phi) is 4.80. The Morgan fingerprint density at radius 1 is 1.40 bits per heavy atom. The Morgan fingerprint density at radius 3 is 2.84 bits per heavy atom. The zero-order valence-electron chi connectivity index (χ0n) is 14.3. The van der Waals surface area contributed by atoms with Crippen LogP contribution in [0.25, 0.3) is 10.9 Å². The van der Waals surface area contributed by atoms with Crippen molar-refractivity contribution < 1.29 is 9.53 Å². The van der Waals surface area contributed by atoms with Crippen LogP contribution in [-0.4, -0.2) is 38.2 Å². The highest BCUT2D eigenvalue weighted by Crippen LogP contribution is 2.24. The van der Waals surface area contributed by atoms with Crippen LogP contribution in [0.2, 0.25) is 0 Å². The number of carbonyl (C=O) groups is 1. The maximum absolute atomic E-state index is 11.9. The second-order valence-corrected chi connectivity index (χ2v) is 5.93. The molecule has 0 aliphatic heterocycles. The van der Waals surface area contributed by atoms with Crippen LogP contribution in [0.15, 0.2) is 29.4 Å². The number of benzene rings is 1. The molecule has 3 aromatic rings. The van der Waals surface area contributed by atoms with Gasteiger partial charge in [0.1, 0.15) is 12.4 Å². The van der Waals surface area contributed by atoms with Crippen LogP contribution in [0, 0.1) is 18.6 Å². The maximum atomic E-state index is 11.9. The zero-order valence-corrected chi connectivity index (χ0v) is 15.1. The average molecular weight is 357 g/mol. The summed E-state index contributed by atoms with van der Waals surface area (Å²) in [6.07, 6.45) is 1.75. The number of hydrogen-bond donors (Lipinski definition) is 1. The van der Waals surface area contributed by atoms with Crippen molar-refractivity contribution in [3.63, 3.8) is 0 Å². The summed E-state index contributed by atoms with van der Waals surface area (Å²) in [6.45, 7) is 6.11. The lowest BCUT2D eigenvalue weighted by molar-refractivity contribution is -0.143. The smallest absolute Gasteiger partial charge is 0.325 e. The standard InChI is InChI=1S/C17H19N5O2S/c1-4-24-16(23)10-21-11(2)14(13-7-5-6-8-15(13)21)9-18-22-12(3)19-20-17(22)25/h5-9H,4,10H2,1-3H3,(H,20,25)/b18-9-. The molecule has 0 bridgehead atoms. The molecule has 25 heavy (non-hydrogen) atoms. The summed E-state index contributed by atoms with van der Waals surface area (Å²) in [5.41, 5.74) is 2.83. The van der Waals surface area contributed by atoms with Gasteiger partial charge in [-0.15, -0.1) is 0 Å². The van der Waals surface area contributed by atoms with Gasteiger partial charge in [-0.25, -0.2) is 0 Å². The fourth-order valence-electron chi connectivity index (χ4n) is 2.78. The first-order chi connectivity index (χ1) is 12.0. The van der Waals surface area contributed by atoms with E-state index in [1.165, 1.54) is 0 Å². The molecule has 0 fully saturated rings. The van der Waals surface area contributed by atoms with Crippen LogP contribution >= 0.6 is 12.2 Å². The number of nitrogens with zero attached hydrogens (tertiary/aromatic N) is 4. The molecule has 0 saturated carbocycles. The summed E-state index contributed by atoms with van der Waals surface area (Å²) in [7, 11) is 0. The van der Waals surface area contributed by atoms with Gasteiger partial charge in [0.15, 0.2) is 0 Å². The average Bonchev–Trinajstić information content (AvgIpc) is 3.04. The van der Waals surface area contributed by atoms with Gasteiger partial charge in [-0.05, 0) is 39.1 Å². The van der Waals surface area contributed by atoms with Gasteiger partial charge in [-0.2, -0.15) is 14.9 Å². The van der Waals surface area contributed by atoms with E-state index in [0.717, 1.165) is 22.2 Å². The van der Waals surface area contributed by atoms with Gasteiger partial charge in [0, 0.05) is 22.2 Å². The lowest BCUT2D eigenvalue weighted by Crippen LogP contribution is -2.14. The van der Waals surface area contributed by atoms with Crippen LogP contribution in [0.1, 0.15) is 24.0 Å². The topological polar surface area (TPSA) is 77.2 Å². The number of aromatic nitrogens is 4. The highest BCUT2D eigenvalue weighted by molar-refractivity contribution is 7.71. The molecule has 0 unspecified atom stereocenters. The molecule has 130 valence electrons. The third-order valence-electron chi connectivity index (χ3n) is 3.99. The van der Waals surface area contributed by atoms with E-state index in [2.05, 4.69) is 15.3 Å². The molecule has 0 spiro atoms. The predicted octanol–water partition coefficient (Wildman–Crippen LogP) is 2.96. The summed E-state index contributed by atoms with van der Waals surface area (Å²) < 4.78 is 9.02. The summed E-state index contributed by atoms with van der Waals surface area (Å²) in [5, 5.41) is 12.2. The maximum Gasteiger partial charge on any atom is 0.325 e. The number of nitrogens with one attached hydrogen (secondary N) is 1. The number of aromatic amines is 1. The van der Waals surface area contributed by atoms with E-state index >= 15 is 0 Å². The number of esters is 1. The van der Waals surface area contributed by atoms with Gasteiger partial charge < -0.3 is 9.30 Å². The molecular formula is C17H19N5O2S. The Bertz CT molecular complexity index is 1010. The molecule has 8 heteroatoms. The van der Waals surface area contributed by atoms with E-state index in [1.807, 2.05) is 42.7 Å². The Morgan fingerprint density at radius 2 is 2.16 bits per heavy atom. The molecule has 3 rings (SSSR count). The first kappa shape index (κ1) is 17.1. The van der Waals surface area contributed by atoms with Gasteiger partial charge in [0.25, 0.3) is 0 Å². The molecule has 0 atom stereocenters. The number of ether oxygens (including phenoxy) is 1. The molecule has 1 N–H and O–H groups in total. The fourth-order valence-corrected chi connectivity index (χ4v) is 3.01. The second kappa shape index (κ2) is 7.02.